The van der Waals surface area contributed by atoms with Crippen LogP contribution in [-0.2, 0) is 18.1 Å². The van der Waals surface area contributed by atoms with Gasteiger partial charge in [-0.15, -0.1) is 0 Å². The monoisotopic (exact) mass is 363 g/mol. The summed E-state index contributed by atoms with van der Waals surface area (Å²) in [5.41, 5.74) is 1.33. The molecule has 2 rings (SSSR count). The molecule has 0 atom stereocenters. The van der Waals surface area contributed by atoms with E-state index >= 15 is 0 Å². The summed E-state index contributed by atoms with van der Waals surface area (Å²) in [6.45, 7) is 0.592. The van der Waals surface area contributed by atoms with Gasteiger partial charge >= 0.3 is 6.18 Å². The molecule has 1 nitrogen and oxygen atoms in total. The maximum atomic E-state index is 13.0. The summed E-state index contributed by atoms with van der Waals surface area (Å²) in [5, 5.41) is 4.14. The number of alkyl halides is 4. The maximum absolute atomic E-state index is 13.0. The van der Waals surface area contributed by atoms with E-state index in [9.17, 15) is 13.2 Å². The van der Waals surface area contributed by atoms with E-state index < -0.39 is 11.7 Å². The van der Waals surface area contributed by atoms with E-state index in [1.54, 1.807) is 24.5 Å². The molecule has 0 saturated carbocycles. The summed E-state index contributed by atoms with van der Waals surface area (Å²) in [4.78, 5) is 1.81. The molecule has 20 heavy (non-hydrogen) atoms. The van der Waals surface area contributed by atoms with Gasteiger partial charge < -0.3 is 4.90 Å². The predicted molar refractivity (Wildman–Crippen MR) is 80.5 cm³/mol. The summed E-state index contributed by atoms with van der Waals surface area (Å²) < 4.78 is 39.1. The summed E-state index contributed by atoms with van der Waals surface area (Å²) in [6, 6.07) is 6.43. The van der Waals surface area contributed by atoms with Crippen LogP contribution in [0.3, 0.4) is 0 Å². The number of rotatable bonds is 4. The van der Waals surface area contributed by atoms with Crippen LogP contribution in [0, 0.1) is 0 Å². The van der Waals surface area contributed by atoms with Crippen molar-refractivity contribution >= 4 is 33.0 Å². The third-order valence-corrected chi connectivity index (χ3v) is 4.32. The quantitative estimate of drug-likeness (QED) is 0.666. The number of anilines is 1. The molecule has 0 aliphatic heterocycles. The topological polar surface area (TPSA) is 3.24 Å². The SMILES string of the molecule is CN(Cc1ccsc1)c1ccc(CBr)c(C(F)(F)F)c1. The Morgan fingerprint density at radius 2 is 2.00 bits per heavy atom. The van der Waals surface area contributed by atoms with Crippen molar-refractivity contribution in [1.29, 1.82) is 0 Å². The van der Waals surface area contributed by atoms with Crippen molar-refractivity contribution < 1.29 is 13.2 Å². The third kappa shape index (κ3) is 3.55. The molecule has 108 valence electrons. The number of hydrogen-bond acceptors (Lipinski definition) is 2. The van der Waals surface area contributed by atoms with Gasteiger partial charge in [-0.1, -0.05) is 22.0 Å². The lowest BCUT2D eigenvalue weighted by atomic mass is 10.1. The first-order valence-electron chi connectivity index (χ1n) is 5.90. The van der Waals surface area contributed by atoms with Gasteiger partial charge in [0.15, 0.2) is 0 Å². The van der Waals surface area contributed by atoms with Crippen molar-refractivity contribution in [3.8, 4) is 0 Å². The highest BCUT2D eigenvalue weighted by molar-refractivity contribution is 9.08. The van der Waals surface area contributed by atoms with Crippen LogP contribution in [0.25, 0.3) is 0 Å². The molecule has 0 bridgehead atoms. The van der Waals surface area contributed by atoms with Gasteiger partial charge in [0.05, 0.1) is 5.56 Å². The average Bonchev–Trinajstić information content (AvgIpc) is 2.89. The Morgan fingerprint density at radius 3 is 2.55 bits per heavy atom. The second-order valence-electron chi connectivity index (χ2n) is 4.46. The Balaban J connectivity index is 2.28. The zero-order chi connectivity index (χ0) is 14.8. The molecule has 0 aliphatic carbocycles. The zero-order valence-corrected chi connectivity index (χ0v) is 13.1. The highest BCUT2D eigenvalue weighted by atomic mass is 79.9. The minimum absolute atomic E-state index is 0.191. The molecule has 0 radical (unpaired) electrons. The van der Waals surface area contributed by atoms with Crippen molar-refractivity contribution in [1.82, 2.24) is 0 Å². The van der Waals surface area contributed by atoms with E-state index in [0.29, 0.717) is 12.2 Å². The Morgan fingerprint density at radius 1 is 1.25 bits per heavy atom. The van der Waals surface area contributed by atoms with Crippen molar-refractivity contribution in [3.05, 3.63) is 51.7 Å². The molecule has 1 aromatic carbocycles. The Kier molecular flexibility index (Phi) is 4.75. The first-order chi connectivity index (χ1) is 9.41. The number of thiophene rings is 1. The average molecular weight is 364 g/mol. The van der Waals surface area contributed by atoms with Gasteiger partial charge in [-0.3, -0.25) is 0 Å². The van der Waals surface area contributed by atoms with Crippen LogP contribution < -0.4 is 4.90 Å². The largest absolute Gasteiger partial charge is 0.416 e. The normalized spacial score (nSPS) is 11.7. The number of benzene rings is 1. The van der Waals surface area contributed by atoms with E-state index in [1.165, 1.54) is 12.1 Å². The van der Waals surface area contributed by atoms with E-state index in [2.05, 4.69) is 15.9 Å². The highest BCUT2D eigenvalue weighted by Crippen LogP contribution is 2.35. The van der Waals surface area contributed by atoms with Crippen LogP contribution in [0.4, 0.5) is 18.9 Å². The minimum Gasteiger partial charge on any atom is -0.370 e. The maximum Gasteiger partial charge on any atom is 0.416 e. The summed E-state index contributed by atoms with van der Waals surface area (Å²) >= 11 is 4.68. The van der Waals surface area contributed by atoms with E-state index in [0.717, 1.165) is 5.56 Å². The minimum atomic E-state index is -4.33. The second-order valence-corrected chi connectivity index (χ2v) is 5.80. The van der Waals surface area contributed by atoms with Crippen LogP contribution in [0.5, 0.6) is 0 Å². The van der Waals surface area contributed by atoms with Crippen molar-refractivity contribution in [3.63, 3.8) is 0 Å². The molecule has 2 aromatic rings. The van der Waals surface area contributed by atoms with Crippen molar-refractivity contribution in [2.45, 2.75) is 18.1 Å². The van der Waals surface area contributed by atoms with Gasteiger partial charge in [0.2, 0.25) is 0 Å². The van der Waals surface area contributed by atoms with Crippen LogP contribution in [0.2, 0.25) is 0 Å². The van der Waals surface area contributed by atoms with Gasteiger partial charge in [-0.2, -0.15) is 24.5 Å². The van der Waals surface area contributed by atoms with Gasteiger partial charge in [-0.05, 0) is 40.1 Å². The number of hydrogen-bond donors (Lipinski definition) is 0. The van der Waals surface area contributed by atoms with E-state index in [4.69, 9.17) is 0 Å². The van der Waals surface area contributed by atoms with E-state index in [-0.39, 0.29) is 10.9 Å². The van der Waals surface area contributed by atoms with Gasteiger partial charge in [0.25, 0.3) is 0 Å². The lowest BCUT2D eigenvalue weighted by molar-refractivity contribution is -0.138. The molecule has 0 N–H and O–H groups in total. The Hall–Kier alpha value is -1.01. The lowest BCUT2D eigenvalue weighted by Crippen LogP contribution is -2.17. The first kappa shape index (κ1) is 15.4. The Bertz CT molecular complexity index is 566. The highest BCUT2D eigenvalue weighted by Gasteiger charge is 2.33. The fourth-order valence-electron chi connectivity index (χ4n) is 1.93. The zero-order valence-electron chi connectivity index (χ0n) is 10.7. The molecule has 6 heteroatoms. The molecule has 0 unspecified atom stereocenters. The van der Waals surface area contributed by atoms with Gasteiger partial charge in [-0.25, -0.2) is 0 Å². The third-order valence-electron chi connectivity index (χ3n) is 2.98. The lowest BCUT2D eigenvalue weighted by Gasteiger charge is -2.21. The molecular weight excluding hydrogens is 351 g/mol. The summed E-state index contributed by atoms with van der Waals surface area (Å²) in [5.74, 6) is 0. The molecular formula is C14H13BrF3NS. The second kappa shape index (κ2) is 6.18. The molecule has 0 saturated heterocycles. The Labute approximate surface area is 128 Å². The molecule has 1 heterocycles. The summed E-state index contributed by atoms with van der Waals surface area (Å²) in [6.07, 6.45) is -4.33. The summed E-state index contributed by atoms with van der Waals surface area (Å²) in [7, 11) is 1.79. The first-order valence-corrected chi connectivity index (χ1v) is 7.96. The van der Waals surface area contributed by atoms with Crippen LogP contribution in [0.1, 0.15) is 16.7 Å². The van der Waals surface area contributed by atoms with Crippen LogP contribution in [0.15, 0.2) is 35.0 Å². The molecule has 0 spiro atoms. The van der Waals surface area contributed by atoms with Crippen molar-refractivity contribution in [2.75, 3.05) is 11.9 Å². The van der Waals surface area contributed by atoms with E-state index in [1.807, 2.05) is 21.7 Å². The standard InChI is InChI=1S/C14H13BrF3NS/c1-19(8-10-4-5-20-9-10)12-3-2-11(7-15)13(6-12)14(16,17)18/h2-6,9H,7-8H2,1H3. The number of halogens is 4. The van der Waals surface area contributed by atoms with Crippen molar-refractivity contribution in [2.24, 2.45) is 0 Å². The van der Waals surface area contributed by atoms with Crippen LogP contribution in [-0.4, -0.2) is 7.05 Å². The predicted octanol–water partition coefficient (Wildman–Crippen LogP) is 5.30. The number of nitrogens with zero attached hydrogens (tertiary/aromatic N) is 1. The molecule has 0 aliphatic rings. The molecule has 1 aromatic heterocycles. The smallest absolute Gasteiger partial charge is 0.370 e. The fourth-order valence-corrected chi connectivity index (χ4v) is 3.08. The molecule has 0 amide bonds. The van der Waals surface area contributed by atoms with Gasteiger partial charge in [0, 0.05) is 24.6 Å². The fraction of sp³-hybridized carbons (Fsp3) is 0.286. The van der Waals surface area contributed by atoms with Crippen LogP contribution >= 0.6 is 27.3 Å². The van der Waals surface area contributed by atoms with Gasteiger partial charge in [0.1, 0.15) is 0 Å². The molecule has 0 fully saturated rings.